The molecule has 0 unspecified atom stereocenters. The minimum Gasteiger partial charge on any atom is -0.497 e. The highest BCUT2D eigenvalue weighted by Crippen LogP contribution is 2.38. The highest BCUT2D eigenvalue weighted by Gasteiger charge is 2.16. The average molecular weight is 827 g/mol. The van der Waals surface area contributed by atoms with E-state index in [2.05, 4.69) is 119 Å². The van der Waals surface area contributed by atoms with Gasteiger partial charge >= 0.3 is 0 Å². The molecule has 0 amide bonds. The van der Waals surface area contributed by atoms with Gasteiger partial charge in [-0.1, -0.05) is 121 Å². The first kappa shape index (κ1) is 40.7. The molecule has 306 valence electrons. The van der Waals surface area contributed by atoms with Crippen molar-refractivity contribution in [1.29, 1.82) is 10.5 Å². The first-order valence-corrected chi connectivity index (χ1v) is 21.0. The Morgan fingerprint density at radius 2 is 0.766 bits per heavy atom. The van der Waals surface area contributed by atoms with Gasteiger partial charge in [-0.3, -0.25) is 0 Å². The molecule has 0 atom stereocenters. The molecule has 0 saturated carbocycles. The number of methoxy groups -OCH3 is 1. The van der Waals surface area contributed by atoms with Crippen molar-refractivity contribution >= 4 is 80.0 Å². The first-order valence-electron chi connectivity index (χ1n) is 21.0. The van der Waals surface area contributed by atoms with Gasteiger partial charge in [0.1, 0.15) is 17.9 Å². The zero-order valence-corrected chi connectivity index (χ0v) is 35.1. The molecule has 9 rings (SSSR count). The van der Waals surface area contributed by atoms with Crippen molar-refractivity contribution in [3.05, 3.63) is 233 Å². The summed E-state index contributed by atoms with van der Waals surface area (Å²) in [5.41, 5.74) is 12.0. The molecule has 0 saturated heterocycles. The van der Waals surface area contributed by atoms with Gasteiger partial charge in [-0.15, -0.1) is 0 Å². The van der Waals surface area contributed by atoms with E-state index in [9.17, 15) is 15.6 Å². The van der Waals surface area contributed by atoms with Gasteiger partial charge in [-0.05, 0) is 125 Å². The molecule has 6 heteroatoms. The van der Waals surface area contributed by atoms with Crippen molar-refractivity contribution in [2.75, 3.05) is 16.9 Å². The lowest BCUT2D eigenvalue weighted by Crippen LogP contribution is -2.09. The number of aliphatic hydroxyl groups is 1. The number of rotatable bonds is 12. The highest BCUT2D eigenvalue weighted by atomic mass is 16.5. The molecular weight excluding hydrogens is 785 g/mol. The smallest absolute Gasteiger partial charge is 0.119 e. The van der Waals surface area contributed by atoms with Gasteiger partial charge in [0.2, 0.25) is 0 Å². The number of aliphatic hydroxyl groups excluding tert-OH is 1. The van der Waals surface area contributed by atoms with Gasteiger partial charge in [0, 0.05) is 55.7 Å². The summed E-state index contributed by atoms with van der Waals surface area (Å²) in [5, 5.41) is 33.6. The Morgan fingerprint density at radius 3 is 1.14 bits per heavy atom. The molecule has 6 nitrogen and oxygen atoms in total. The van der Waals surface area contributed by atoms with Gasteiger partial charge in [0.05, 0.1) is 24.8 Å². The number of anilines is 6. The molecule has 0 radical (unpaired) electrons. The summed E-state index contributed by atoms with van der Waals surface area (Å²) in [6.07, 6.45) is 8.19. The molecule has 0 aliphatic carbocycles. The van der Waals surface area contributed by atoms with E-state index in [-0.39, 0.29) is 6.61 Å². The third-order valence-electron chi connectivity index (χ3n) is 11.4. The number of fused-ring (bicyclic) bond motifs is 2. The van der Waals surface area contributed by atoms with E-state index in [0.29, 0.717) is 11.1 Å². The lowest BCUT2D eigenvalue weighted by Gasteiger charge is -2.25. The fourth-order valence-electron chi connectivity index (χ4n) is 8.10. The summed E-state index contributed by atoms with van der Waals surface area (Å²) in [6, 6.07) is 70.0. The molecule has 9 aromatic carbocycles. The minimum absolute atomic E-state index is 0.00238. The first-order chi connectivity index (χ1) is 31.5. The SMILES string of the molecule is COc1ccc(N(c2ccccc2)c2ccc(C=Cc3ccc4c(C#N)c5cc(C=Cc6ccc(N(c7ccccc7)c7ccc(CO)cc7)cc6)ccc5c(C#N)c4c3)cc2)cc1. The van der Waals surface area contributed by atoms with E-state index in [4.69, 9.17) is 4.74 Å². The van der Waals surface area contributed by atoms with Crippen LogP contribution >= 0.6 is 0 Å². The Morgan fingerprint density at radius 1 is 0.422 bits per heavy atom. The molecule has 0 bridgehead atoms. The van der Waals surface area contributed by atoms with Crippen molar-refractivity contribution in [3.8, 4) is 17.9 Å². The Balaban J connectivity index is 0.966. The molecule has 0 fully saturated rings. The van der Waals surface area contributed by atoms with E-state index in [1.165, 1.54) is 0 Å². The quantitative estimate of drug-likeness (QED) is 0.0976. The van der Waals surface area contributed by atoms with E-state index < -0.39 is 0 Å². The van der Waals surface area contributed by atoms with Crippen LogP contribution in [0.4, 0.5) is 34.1 Å². The second-order valence-electron chi connectivity index (χ2n) is 15.3. The van der Waals surface area contributed by atoms with Gasteiger partial charge < -0.3 is 19.6 Å². The fraction of sp³-hybridized carbons (Fsp3) is 0.0345. The monoisotopic (exact) mass is 826 g/mol. The fourth-order valence-corrected chi connectivity index (χ4v) is 8.10. The molecule has 9 aromatic rings. The van der Waals surface area contributed by atoms with Crippen LogP contribution in [0.25, 0.3) is 45.8 Å². The normalized spacial score (nSPS) is 11.2. The van der Waals surface area contributed by atoms with Crippen LogP contribution < -0.4 is 14.5 Å². The van der Waals surface area contributed by atoms with E-state index in [1.807, 2.05) is 121 Å². The summed E-state index contributed by atoms with van der Waals surface area (Å²) >= 11 is 0. The van der Waals surface area contributed by atoms with Crippen molar-refractivity contribution in [3.63, 3.8) is 0 Å². The standard InChI is InChI=1S/C58H42N4O2/c1-64-52-32-30-51(31-33-52)62(47-10-6-3-7-11-47)49-26-18-42(19-27-49)13-15-44-23-35-54-56(37-44)58(39-60)53-34-22-43(36-55(53)57(54)38-59)14-12-41-16-24-48(25-17-41)61(46-8-4-2-5-9-46)50-28-20-45(40-63)21-29-50/h2-37,63H,40H2,1H3. The second-order valence-corrected chi connectivity index (χ2v) is 15.3. The molecular formula is C58H42N4O2. The molecule has 64 heavy (non-hydrogen) atoms. The van der Waals surface area contributed by atoms with E-state index in [0.717, 1.165) is 89.2 Å². The van der Waals surface area contributed by atoms with E-state index >= 15 is 0 Å². The molecule has 0 aliphatic heterocycles. The van der Waals surface area contributed by atoms with Crippen LogP contribution in [0.3, 0.4) is 0 Å². The van der Waals surface area contributed by atoms with Crippen molar-refractivity contribution < 1.29 is 9.84 Å². The topological polar surface area (TPSA) is 83.5 Å². The van der Waals surface area contributed by atoms with Crippen LogP contribution in [0.5, 0.6) is 5.75 Å². The molecule has 0 spiro atoms. The molecule has 1 N–H and O–H groups in total. The zero-order valence-electron chi connectivity index (χ0n) is 35.1. The minimum atomic E-state index is -0.00238. The van der Waals surface area contributed by atoms with Crippen LogP contribution in [0.2, 0.25) is 0 Å². The zero-order chi connectivity index (χ0) is 43.8. The number of hydrogen-bond donors (Lipinski definition) is 1. The number of hydrogen-bond acceptors (Lipinski definition) is 6. The summed E-state index contributed by atoms with van der Waals surface area (Å²) in [7, 11) is 1.67. The predicted molar refractivity (Wildman–Crippen MR) is 263 cm³/mol. The predicted octanol–water partition coefficient (Wildman–Crippen LogP) is 14.5. The van der Waals surface area contributed by atoms with Gasteiger partial charge in [-0.25, -0.2) is 0 Å². The van der Waals surface area contributed by atoms with Crippen LogP contribution in [0.15, 0.2) is 194 Å². The maximum absolute atomic E-state index is 10.5. The lowest BCUT2D eigenvalue weighted by atomic mass is 9.90. The number of para-hydroxylation sites is 2. The Bertz CT molecular complexity index is 3000. The summed E-state index contributed by atoms with van der Waals surface area (Å²) in [5.74, 6) is 0.803. The molecule has 0 aromatic heterocycles. The number of benzene rings is 9. The summed E-state index contributed by atoms with van der Waals surface area (Å²) < 4.78 is 5.40. The molecule has 0 aliphatic rings. The largest absolute Gasteiger partial charge is 0.497 e. The van der Waals surface area contributed by atoms with Crippen LogP contribution in [0, 0.1) is 22.7 Å². The Hall–Kier alpha value is -8.68. The maximum atomic E-state index is 10.5. The van der Waals surface area contributed by atoms with Crippen LogP contribution in [0.1, 0.15) is 38.9 Å². The number of nitriles is 2. The summed E-state index contributed by atoms with van der Waals surface area (Å²) in [6.45, 7) is -0.00238. The van der Waals surface area contributed by atoms with Crippen molar-refractivity contribution in [1.82, 2.24) is 0 Å². The Kier molecular flexibility index (Phi) is 11.8. The Labute approximate surface area is 373 Å². The van der Waals surface area contributed by atoms with Gasteiger partial charge in [0.25, 0.3) is 0 Å². The van der Waals surface area contributed by atoms with Crippen LogP contribution in [-0.2, 0) is 6.61 Å². The van der Waals surface area contributed by atoms with Crippen molar-refractivity contribution in [2.24, 2.45) is 0 Å². The maximum Gasteiger partial charge on any atom is 0.119 e. The van der Waals surface area contributed by atoms with Gasteiger partial charge in [-0.2, -0.15) is 10.5 Å². The second kappa shape index (κ2) is 18.5. The highest BCUT2D eigenvalue weighted by molar-refractivity contribution is 6.10. The van der Waals surface area contributed by atoms with Crippen molar-refractivity contribution in [2.45, 2.75) is 6.61 Å². The number of ether oxygens (including phenoxy) is 1. The molecule has 0 heterocycles. The lowest BCUT2D eigenvalue weighted by molar-refractivity contribution is 0.282. The number of nitrogens with zero attached hydrogens (tertiary/aromatic N) is 4. The summed E-state index contributed by atoms with van der Waals surface area (Å²) in [4.78, 5) is 4.39. The van der Waals surface area contributed by atoms with Gasteiger partial charge in [0.15, 0.2) is 0 Å². The van der Waals surface area contributed by atoms with Crippen LogP contribution in [-0.4, -0.2) is 12.2 Å². The van der Waals surface area contributed by atoms with E-state index in [1.54, 1.807) is 7.11 Å². The average Bonchev–Trinajstić information content (AvgIpc) is 3.36. The third kappa shape index (κ3) is 8.46. The third-order valence-corrected chi connectivity index (χ3v) is 11.4.